The Hall–Kier alpha value is -4.15. The van der Waals surface area contributed by atoms with Crippen LogP contribution >= 0.6 is 0 Å². The minimum Gasteiger partial charge on any atom is -0.508 e. The van der Waals surface area contributed by atoms with E-state index in [1.165, 1.54) is 30.5 Å². The molecule has 4 aromatic rings. The highest BCUT2D eigenvalue weighted by Crippen LogP contribution is 2.51. The first-order valence-corrected chi connectivity index (χ1v) is 18.6. The highest BCUT2D eigenvalue weighted by Gasteiger charge is 2.51. The van der Waals surface area contributed by atoms with Gasteiger partial charge < -0.3 is 29.3 Å². The summed E-state index contributed by atoms with van der Waals surface area (Å²) in [5, 5.41) is 22.7. The number of phenolic OH excluding ortho intramolecular Hbond substituents is 1. The van der Waals surface area contributed by atoms with Crippen molar-refractivity contribution in [1.29, 1.82) is 0 Å². The van der Waals surface area contributed by atoms with Gasteiger partial charge in [-0.15, -0.1) is 6.42 Å². The fourth-order valence-electron chi connectivity index (χ4n) is 9.69. The van der Waals surface area contributed by atoms with Gasteiger partial charge in [-0.3, -0.25) is 9.88 Å². The van der Waals surface area contributed by atoms with Gasteiger partial charge in [0, 0.05) is 48.8 Å². The number of methoxy groups -OCH3 is 1. The Morgan fingerprint density at radius 1 is 1.11 bits per heavy atom. The number of ether oxygens (including phenoxy) is 3. The molecule has 8 rings (SSSR count). The summed E-state index contributed by atoms with van der Waals surface area (Å²) in [6, 6.07) is 5.87. The number of rotatable bonds is 8. The van der Waals surface area contributed by atoms with Gasteiger partial charge in [-0.25, -0.2) is 8.78 Å². The van der Waals surface area contributed by atoms with Gasteiger partial charge in [0.1, 0.15) is 34.2 Å². The van der Waals surface area contributed by atoms with E-state index in [1.54, 1.807) is 14.0 Å². The quantitative estimate of drug-likeness (QED) is 0.203. The Morgan fingerprint density at radius 3 is 2.72 bits per heavy atom. The number of fused-ring (bicyclic) bond motifs is 3. The van der Waals surface area contributed by atoms with E-state index in [0.717, 1.165) is 58.0 Å². The number of nitrogens with zero attached hydrogens (tertiary/aromatic N) is 5. The average Bonchev–Trinajstić information content (AvgIpc) is 3.47. The Morgan fingerprint density at radius 2 is 1.92 bits per heavy atom. The topological polar surface area (TPSA) is 113 Å². The number of hydrogen-bond acceptors (Lipinski definition) is 10. The van der Waals surface area contributed by atoms with Crippen LogP contribution in [0.3, 0.4) is 0 Å². The molecule has 4 fully saturated rings. The van der Waals surface area contributed by atoms with Gasteiger partial charge in [-0.2, -0.15) is 9.97 Å². The van der Waals surface area contributed by atoms with E-state index in [1.807, 2.05) is 4.90 Å². The summed E-state index contributed by atoms with van der Waals surface area (Å²) in [6.45, 7) is 7.55. The summed E-state index contributed by atoms with van der Waals surface area (Å²) in [5.41, 5.74) is -1.18. The summed E-state index contributed by atoms with van der Waals surface area (Å²) in [6.07, 6.45) is 15.0. The smallest absolute Gasteiger partial charge is 0.319 e. The number of aliphatic hydroxyl groups is 1. The maximum Gasteiger partial charge on any atom is 0.319 e. The van der Waals surface area contributed by atoms with Gasteiger partial charge in [0.2, 0.25) is 0 Å². The van der Waals surface area contributed by atoms with Crippen LogP contribution in [0.4, 0.5) is 14.6 Å². The molecule has 2 saturated heterocycles. The SMILES string of the molecule is C#Cc1c(F)ccc2cc(O)cc(-c3ncc4c(N5CCOC[C@@](C)(O)C5)nc(OC[C@]56CCC[C@H]5N(CC5(C)CC(OC)C5)CCC6)nc4c3F)c12. The molecule has 2 aromatic carbocycles. The molecule has 2 aliphatic carbocycles. The van der Waals surface area contributed by atoms with Crippen molar-refractivity contribution < 1.29 is 33.2 Å². The van der Waals surface area contributed by atoms with Crippen LogP contribution < -0.4 is 9.64 Å². The number of likely N-dealkylation sites (tertiary alicyclic amines) is 1. The largest absolute Gasteiger partial charge is 0.508 e. The molecule has 10 nitrogen and oxygen atoms in total. The maximum atomic E-state index is 17.1. The van der Waals surface area contributed by atoms with Crippen molar-refractivity contribution >= 4 is 27.5 Å². The zero-order valence-electron chi connectivity index (χ0n) is 30.6. The molecule has 280 valence electrons. The van der Waals surface area contributed by atoms with Crippen LogP contribution in [0.5, 0.6) is 11.8 Å². The number of pyridine rings is 1. The molecule has 2 aromatic heterocycles. The standard InChI is InChI=1S/C41H47F2N5O5/c1-5-28-31(42)10-9-25-16-26(49)17-29(33(25)28)35-34(43)36-30(20-44-35)37(48-14-15-52-23-40(3,50)22-48)46-38(45-36)53-24-41-11-6-8-32(41)47(13-7-12-41)21-39(2)18-27(19-39)51-4/h1,9-10,16-17,20,27,32,49-50H,6-8,11-15,18-19,21-24H2,2-4H3/t27?,32-,39?,40+,41-/m1/s1. The molecule has 0 bridgehead atoms. The minimum atomic E-state index is -1.20. The van der Waals surface area contributed by atoms with E-state index in [2.05, 4.69) is 27.7 Å². The van der Waals surface area contributed by atoms with Crippen LogP contribution in [-0.4, -0.2) is 101 Å². The van der Waals surface area contributed by atoms with E-state index in [4.69, 9.17) is 25.6 Å². The lowest BCUT2D eigenvalue weighted by molar-refractivity contribution is -0.0877. The molecule has 0 amide bonds. The zero-order chi connectivity index (χ0) is 37.1. The maximum absolute atomic E-state index is 17.1. The third kappa shape index (κ3) is 6.56. The number of anilines is 1. The van der Waals surface area contributed by atoms with Crippen molar-refractivity contribution in [1.82, 2.24) is 19.9 Å². The predicted octanol–water partition coefficient (Wildman–Crippen LogP) is 6.23. The highest BCUT2D eigenvalue weighted by atomic mass is 19.1. The van der Waals surface area contributed by atoms with Crippen molar-refractivity contribution in [3.8, 4) is 35.4 Å². The van der Waals surface area contributed by atoms with Crippen LogP contribution in [-0.2, 0) is 9.47 Å². The third-order valence-electron chi connectivity index (χ3n) is 12.1. The molecule has 3 atom stereocenters. The summed E-state index contributed by atoms with van der Waals surface area (Å²) in [7, 11) is 1.79. The number of benzene rings is 2. The number of aromatic hydroxyl groups is 1. The van der Waals surface area contributed by atoms with Gasteiger partial charge in [0.05, 0.1) is 43.4 Å². The first-order valence-electron chi connectivity index (χ1n) is 18.6. The Balaban J connectivity index is 1.19. The molecule has 0 spiro atoms. The fourth-order valence-corrected chi connectivity index (χ4v) is 9.69. The predicted molar refractivity (Wildman–Crippen MR) is 198 cm³/mol. The van der Waals surface area contributed by atoms with Crippen LogP contribution in [0.15, 0.2) is 30.5 Å². The van der Waals surface area contributed by atoms with Crippen LogP contribution in [0.25, 0.3) is 32.9 Å². The zero-order valence-corrected chi connectivity index (χ0v) is 30.6. The number of β-amino-alcohol motifs (C(OH)–C–C–N with tert-alkyl or cyclic N) is 1. The van der Waals surface area contributed by atoms with Crippen molar-refractivity contribution in [3.63, 3.8) is 0 Å². The fraction of sp³-hybridized carbons (Fsp3) is 0.537. The molecular formula is C41H47F2N5O5. The Bertz CT molecular complexity index is 2100. The summed E-state index contributed by atoms with van der Waals surface area (Å²) < 4.78 is 49.9. The van der Waals surface area contributed by atoms with Crippen LogP contribution in [0.1, 0.15) is 64.4 Å². The Kier molecular flexibility index (Phi) is 9.21. The number of aromatic nitrogens is 3. The van der Waals surface area contributed by atoms with E-state index in [0.29, 0.717) is 48.5 Å². The lowest BCUT2D eigenvalue weighted by atomic mass is 9.66. The number of phenols is 1. The van der Waals surface area contributed by atoms with Crippen molar-refractivity contribution in [2.45, 2.75) is 76.5 Å². The lowest BCUT2D eigenvalue weighted by Gasteiger charge is -2.52. The molecule has 2 N–H and O–H groups in total. The first-order chi connectivity index (χ1) is 25.4. The van der Waals surface area contributed by atoms with Crippen LogP contribution in [0.2, 0.25) is 0 Å². The normalized spacial score (nSPS) is 29.1. The van der Waals surface area contributed by atoms with E-state index in [9.17, 15) is 14.6 Å². The molecule has 0 radical (unpaired) electrons. The van der Waals surface area contributed by atoms with Gasteiger partial charge in [-0.1, -0.05) is 25.3 Å². The molecule has 4 heterocycles. The molecule has 12 heteroatoms. The van der Waals surface area contributed by atoms with E-state index >= 15 is 4.39 Å². The lowest BCUT2D eigenvalue weighted by Crippen LogP contribution is -2.57. The summed E-state index contributed by atoms with van der Waals surface area (Å²) in [4.78, 5) is 18.6. The summed E-state index contributed by atoms with van der Waals surface area (Å²) in [5.74, 6) is 1.16. The summed E-state index contributed by atoms with van der Waals surface area (Å²) >= 11 is 0. The van der Waals surface area contributed by atoms with Gasteiger partial charge in [0.15, 0.2) is 5.82 Å². The van der Waals surface area contributed by atoms with Crippen molar-refractivity contribution in [3.05, 3.63) is 47.7 Å². The molecule has 0 unspecified atom stereocenters. The molecule has 4 aliphatic rings. The third-order valence-corrected chi connectivity index (χ3v) is 12.1. The van der Waals surface area contributed by atoms with E-state index in [-0.39, 0.29) is 63.5 Å². The molecule has 2 aliphatic heterocycles. The number of piperidine rings is 1. The molecule has 53 heavy (non-hydrogen) atoms. The van der Waals surface area contributed by atoms with Gasteiger partial charge >= 0.3 is 6.01 Å². The van der Waals surface area contributed by atoms with Gasteiger partial charge in [0.25, 0.3) is 0 Å². The second-order valence-electron chi connectivity index (χ2n) is 16.4. The monoisotopic (exact) mass is 727 g/mol. The van der Waals surface area contributed by atoms with E-state index < -0.39 is 17.2 Å². The number of halogens is 2. The molecule has 2 saturated carbocycles. The van der Waals surface area contributed by atoms with Crippen molar-refractivity contribution in [2.75, 3.05) is 58.0 Å². The first kappa shape index (κ1) is 35.9. The Labute approximate surface area is 308 Å². The van der Waals surface area contributed by atoms with Crippen LogP contribution in [0, 0.1) is 34.8 Å². The second kappa shape index (κ2) is 13.6. The number of hydrogen-bond donors (Lipinski definition) is 2. The average molecular weight is 728 g/mol. The molecular weight excluding hydrogens is 680 g/mol. The number of terminal acetylenes is 1. The minimum absolute atomic E-state index is 0.0236. The van der Waals surface area contributed by atoms with Crippen molar-refractivity contribution in [2.24, 2.45) is 10.8 Å². The second-order valence-corrected chi connectivity index (χ2v) is 16.4. The highest BCUT2D eigenvalue weighted by molar-refractivity contribution is 6.03. The van der Waals surface area contributed by atoms with Gasteiger partial charge in [-0.05, 0) is 81.0 Å².